The molecule has 1 fully saturated rings. The topological polar surface area (TPSA) is 89.9 Å². The first-order valence-corrected chi connectivity index (χ1v) is 10.8. The minimum absolute atomic E-state index is 0.248. The highest BCUT2D eigenvalue weighted by molar-refractivity contribution is 6.03. The van der Waals surface area contributed by atoms with Crippen LogP contribution < -0.4 is 0 Å². The number of hydrogen-bond acceptors (Lipinski definition) is 5. The predicted octanol–water partition coefficient (Wildman–Crippen LogP) is 4.90. The second-order valence-corrected chi connectivity index (χ2v) is 7.65. The normalized spacial score (nSPS) is 21.4. The Kier molecular flexibility index (Phi) is 12.2. The zero-order valence-corrected chi connectivity index (χ0v) is 17.5. The van der Waals surface area contributed by atoms with Crippen LogP contribution in [0.5, 0.6) is 0 Å². The van der Waals surface area contributed by atoms with Crippen molar-refractivity contribution >= 4 is 17.9 Å². The van der Waals surface area contributed by atoms with Gasteiger partial charge in [0.05, 0.1) is 0 Å². The summed E-state index contributed by atoms with van der Waals surface area (Å²) in [7, 11) is 0. The van der Waals surface area contributed by atoms with Gasteiger partial charge in [-0.1, -0.05) is 57.6 Å². The maximum absolute atomic E-state index is 13.9. The lowest BCUT2D eigenvalue weighted by Crippen LogP contribution is -2.38. The Morgan fingerprint density at radius 1 is 1.10 bits per heavy atom. The molecule has 0 aliphatic carbocycles. The molecule has 166 valence electrons. The number of carboxylic acid groups (broad SMARTS) is 1. The molecule has 7 heteroatoms. The zero-order chi connectivity index (χ0) is 21.5. The third kappa shape index (κ3) is 9.90. The highest BCUT2D eigenvalue weighted by Gasteiger charge is 2.56. The van der Waals surface area contributed by atoms with Gasteiger partial charge in [0.2, 0.25) is 0 Å². The minimum Gasteiger partial charge on any atom is -0.478 e. The van der Waals surface area contributed by atoms with Crippen LogP contribution in [0.1, 0.15) is 90.4 Å². The van der Waals surface area contributed by atoms with Gasteiger partial charge in [0.25, 0.3) is 0 Å². The summed E-state index contributed by atoms with van der Waals surface area (Å²) in [5, 5.41) is 8.74. The lowest BCUT2D eigenvalue weighted by atomic mass is 10.0. The van der Waals surface area contributed by atoms with Crippen molar-refractivity contribution in [1.82, 2.24) is 0 Å². The molecule has 0 bridgehead atoms. The van der Waals surface area contributed by atoms with E-state index in [0.717, 1.165) is 32.1 Å². The molecular formula is C22H35FO6. The summed E-state index contributed by atoms with van der Waals surface area (Å²) in [5.74, 6) is -3.75. The summed E-state index contributed by atoms with van der Waals surface area (Å²) in [6, 6.07) is 0. The number of esters is 2. The van der Waals surface area contributed by atoms with Crippen LogP contribution in [0.4, 0.5) is 4.39 Å². The lowest BCUT2D eigenvalue weighted by Gasteiger charge is -2.10. The number of alkyl halides is 1. The molecule has 1 heterocycles. The Balaban J connectivity index is 1.97. The van der Waals surface area contributed by atoms with Crippen molar-refractivity contribution in [3.05, 3.63) is 12.2 Å². The third-order valence-electron chi connectivity index (χ3n) is 5.02. The number of hydrogen-bond donors (Lipinski definition) is 1. The van der Waals surface area contributed by atoms with Gasteiger partial charge in [0.1, 0.15) is 12.7 Å². The fourth-order valence-electron chi connectivity index (χ4n) is 3.20. The SMILES string of the molecule is CCCCCC/C=C\CCCCCCCC(=O)OC[C@@H]1C[C@](F)(C(=O)O)C(=O)O1. The van der Waals surface area contributed by atoms with Crippen LogP contribution in [0.2, 0.25) is 0 Å². The van der Waals surface area contributed by atoms with E-state index < -0.39 is 36.1 Å². The lowest BCUT2D eigenvalue weighted by molar-refractivity contribution is -0.164. The van der Waals surface area contributed by atoms with Gasteiger partial charge in [-0.25, -0.2) is 14.0 Å². The Bertz CT molecular complexity index is 547. The van der Waals surface area contributed by atoms with E-state index in [1.807, 2.05) is 0 Å². The largest absolute Gasteiger partial charge is 0.478 e. The quantitative estimate of drug-likeness (QED) is 0.167. The van der Waals surface area contributed by atoms with E-state index in [2.05, 4.69) is 23.8 Å². The fourth-order valence-corrected chi connectivity index (χ4v) is 3.20. The summed E-state index contributed by atoms with van der Waals surface area (Å²) in [6.45, 7) is 1.90. The molecule has 29 heavy (non-hydrogen) atoms. The average Bonchev–Trinajstić information content (AvgIpc) is 2.99. The second kappa shape index (κ2) is 14.1. The van der Waals surface area contributed by atoms with E-state index in [-0.39, 0.29) is 13.0 Å². The molecule has 0 radical (unpaired) electrons. The smallest absolute Gasteiger partial charge is 0.356 e. The average molecular weight is 415 g/mol. The van der Waals surface area contributed by atoms with Gasteiger partial charge < -0.3 is 14.6 Å². The minimum atomic E-state index is -3.04. The van der Waals surface area contributed by atoms with E-state index in [9.17, 15) is 18.8 Å². The number of rotatable bonds is 16. The molecule has 2 atom stereocenters. The number of cyclic esters (lactones) is 1. The van der Waals surface area contributed by atoms with Crippen LogP contribution in [-0.4, -0.2) is 41.4 Å². The van der Waals surface area contributed by atoms with E-state index >= 15 is 0 Å². The predicted molar refractivity (Wildman–Crippen MR) is 107 cm³/mol. The van der Waals surface area contributed by atoms with Gasteiger partial charge in [-0.2, -0.15) is 0 Å². The first kappa shape index (κ1) is 25.1. The number of unbranched alkanes of at least 4 members (excludes halogenated alkanes) is 9. The summed E-state index contributed by atoms with van der Waals surface area (Å²) in [5.41, 5.74) is -3.04. The second-order valence-electron chi connectivity index (χ2n) is 7.65. The summed E-state index contributed by atoms with van der Waals surface area (Å²) >= 11 is 0. The maximum Gasteiger partial charge on any atom is 0.356 e. The Morgan fingerprint density at radius 3 is 2.28 bits per heavy atom. The third-order valence-corrected chi connectivity index (χ3v) is 5.02. The highest BCUT2D eigenvalue weighted by Crippen LogP contribution is 2.30. The summed E-state index contributed by atoms with van der Waals surface area (Å²) in [4.78, 5) is 33.8. The van der Waals surface area contributed by atoms with Gasteiger partial charge in [-0.15, -0.1) is 0 Å². The van der Waals surface area contributed by atoms with Crippen LogP contribution >= 0.6 is 0 Å². The standard InChI is InChI=1S/C22H35FO6/c1-2-3-4-5-6-7-8-9-10-11-12-13-14-15-19(24)28-17-18-16-22(23,20(25)26)21(27)29-18/h7-8,18H,2-6,9-17H2,1H3,(H,25,26)/b8-7-/t18-,22-/m0/s1. The Hall–Kier alpha value is -1.92. The molecule has 0 saturated carbocycles. The van der Waals surface area contributed by atoms with E-state index in [1.54, 1.807) is 0 Å². The molecule has 1 saturated heterocycles. The monoisotopic (exact) mass is 414 g/mol. The molecule has 0 unspecified atom stereocenters. The summed E-state index contributed by atoms with van der Waals surface area (Å²) in [6.07, 6.45) is 15.5. The first-order valence-electron chi connectivity index (χ1n) is 10.8. The van der Waals surface area contributed by atoms with Gasteiger partial charge in [0.15, 0.2) is 0 Å². The highest BCUT2D eigenvalue weighted by atomic mass is 19.1. The molecule has 0 spiro atoms. The van der Waals surface area contributed by atoms with Crippen molar-refractivity contribution in [2.75, 3.05) is 6.61 Å². The molecule has 1 rings (SSSR count). The van der Waals surface area contributed by atoms with Crippen LogP contribution in [0.25, 0.3) is 0 Å². The molecule has 0 aromatic rings. The van der Waals surface area contributed by atoms with Crippen molar-refractivity contribution in [1.29, 1.82) is 0 Å². The molecule has 0 aromatic carbocycles. The Morgan fingerprint density at radius 2 is 1.69 bits per heavy atom. The summed E-state index contributed by atoms with van der Waals surface area (Å²) < 4.78 is 23.5. The molecular weight excluding hydrogens is 379 g/mol. The van der Waals surface area contributed by atoms with Crippen molar-refractivity contribution < 1.29 is 33.4 Å². The number of allylic oxidation sites excluding steroid dienone is 2. The Labute approximate surface area is 172 Å². The first-order chi connectivity index (χ1) is 13.9. The van der Waals surface area contributed by atoms with Crippen LogP contribution in [0.15, 0.2) is 12.2 Å². The van der Waals surface area contributed by atoms with Gasteiger partial charge in [0, 0.05) is 12.8 Å². The van der Waals surface area contributed by atoms with Crippen LogP contribution in [0, 0.1) is 0 Å². The van der Waals surface area contributed by atoms with Crippen molar-refractivity contribution in [3.63, 3.8) is 0 Å². The molecule has 1 aliphatic rings. The number of carbonyl (C=O) groups excluding carboxylic acids is 2. The van der Waals surface area contributed by atoms with E-state index in [4.69, 9.17) is 9.84 Å². The van der Waals surface area contributed by atoms with Crippen molar-refractivity contribution in [2.45, 2.75) is 102 Å². The number of halogens is 1. The molecule has 0 amide bonds. The molecule has 0 aromatic heterocycles. The van der Waals surface area contributed by atoms with E-state index in [0.29, 0.717) is 6.42 Å². The number of carbonyl (C=O) groups is 3. The number of carboxylic acids is 1. The van der Waals surface area contributed by atoms with E-state index in [1.165, 1.54) is 32.1 Å². The zero-order valence-electron chi connectivity index (χ0n) is 17.5. The molecule has 1 N–H and O–H groups in total. The van der Waals surface area contributed by atoms with Crippen molar-refractivity contribution in [3.8, 4) is 0 Å². The van der Waals surface area contributed by atoms with Crippen LogP contribution in [0.3, 0.4) is 0 Å². The molecule has 1 aliphatic heterocycles. The van der Waals surface area contributed by atoms with Gasteiger partial charge in [-0.05, 0) is 32.1 Å². The van der Waals surface area contributed by atoms with Gasteiger partial charge in [-0.3, -0.25) is 4.79 Å². The fraction of sp³-hybridized carbons (Fsp3) is 0.773. The van der Waals surface area contributed by atoms with Crippen molar-refractivity contribution in [2.24, 2.45) is 0 Å². The van der Waals surface area contributed by atoms with Gasteiger partial charge >= 0.3 is 23.6 Å². The van der Waals surface area contributed by atoms with Crippen LogP contribution in [-0.2, 0) is 23.9 Å². The maximum atomic E-state index is 13.9. The molecule has 6 nitrogen and oxygen atoms in total. The number of aliphatic carboxylic acids is 1. The number of ether oxygens (including phenoxy) is 2.